The molecular weight excluding hydrogens is 293 g/mol. The van der Waals surface area contributed by atoms with Crippen molar-refractivity contribution in [3.8, 4) is 0 Å². The maximum Gasteiger partial charge on any atom is 0.321 e. The standard InChI is InChI=1S/C14H16FN3O2S/c15-10-7-9-1-2-12(19)17-13(9)11(8-10)16-14(20)18-3-5-21-6-4-18/h7-8H,1-6H2,(H,16,20)(H,17,19). The van der Waals surface area contributed by atoms with Crippen molar-refractivity contribution < 1.29 is 14.0 Å². The largest absolute Gasteiger partial charge is 0.324 e. The Morgan fingerprint density at radius 1 is 1.29 bits per heavy atom. The predicted octanol–water partition coefficient (Wildman–Crippen LogP) is 2.29. The second kappa shape index (κ2) is 5.93. The quantitative estimate of drug-likeness (QED) is 0.837. The Morgan fingerprint density at radius 3 is 2.81 bits per heavy atom. The molecule has 112 valence electrons. The molecule has 2 heterocycles. The molecule has 0 bridgehead atoms. The van der Waals surface area contributed by atoms with E-state index in [1.807, 2.05) is 11.8 Å². The van der Waals surface area contributed by atoms with Crippen LogP contribution < -0.4 is 10.6 Å². The summed E-state index contributed by atoms with van der Waals surface area (Å²) < 4.78 is 13.7. The minimum Gasteiger partial charge on any atom is -0.324 e. The van der Waals surface area contributed by atoms with Gasteiger partial charge in [0.15, 0.2) is 0 Å². The Morgan fingerprint density at radius 2 is 2.05 bits per heavy atom. The normalized spacial score (nSPS) is 18.0. The lowest BCUT2D eigenvalue weighted by Gasteiger charge is -2.28. The van der Waals surface area contributed by atoms with Crippen molar-refractivity contribution >= 4 is 35.1 Å². The summed E-state index contributed by atoms with van der Waals surface area (Å²) in [6.07, 6.45) is 0.829. The van der Waals surface area contributed by atoms with Crippen LogP contribution in [0.2, 0.25) is 0 Å². The minimum absolute atomic E-state index is 0.112. The summed E-state index contributed by atoms with van der Waals surface area (Å²) in [6.45, 7) is 1.36. The van der Waals surface area contributed by atoms with E-state index < -0.39 is 5.82 Å². The fourth-order valence-corrected chi connectivity index (χ4v) is 3.42. The van der Waals surface area contributed by atoms with E-state index in [1.54, 1.807) is 4.90 Å². The van der Waals surface area contributed by atoms with E-state index >= 15 is 0 Å². The summed E-state index contributed by atoms with van der Waals surface area (Å²) >= 11 is 1.81. The number of thioether (sulfide) groups is 1. The lowest BCUT2D eigenvalue weighted by atomic mass is 10.0. The van der Waals surface area contributed by atoms with Gasteiger partial charge in [-0.25, -0.2) is 9.18 Å². The van der Waals surface area contributed by atoms with Gasteiger partial charge in [-0.3, -0.25) is 4.79 Å². The highest BCUT2D eigenvalue weighted by Crippen LogP contribution is 2.32. The van der Waals surface area contributed by atoms with E-state index in [4.69, 9.17) is 0 Å². The Kier molecular flexibility index (Phi) is 4.01. The Hall–Kier alpha value is -1.76. The topological polar surface area (TPSA) is 61.4 Å². The van der Waals surface area contributed by atoms with Crippen LogP contribution in [0.25, 0.3) is 0 Å². The number of nitrogens with zero attached hydrogens (tertiary/aromatic N) is 1. The molecule has 0 aliphatic carbocycles. The number of aryl methyl sites for hydroxylation is 1. The summed E-state index contributed by atoms with van der Waals surface area (Å²) in [7, 11) is 0. The minimum atomic E-state index is -0.408. The van der Waals surface area contributed by atoms with Crippen LogP contribution in [0, 0.1) is 5.82 Å². The molecule has 2 aliphatic rings. The van der Waals surface area contributed by atoms with E-state index in [0.717, 1.165) is 17.1 Å². The molecule has 2 aliphatic heterocycles. The molecule has 1 fully saturated rings. The first kappa shape index (κ1) is 14.2. The van der Waals surface area contributed by atoms with Gasteiger partial charge in [0.1, 0.15) is 5.82 Å². The maximum atomic E-state index is 13.7. The molecule has 21 heavy (non-hydrogen) atoms. The van der Waals surface area contributed by atoms with Crippen LogP contribution in [0.3, 0.4) is 0 Å². The first-order valence-electron chi connectivity index (χ1n) is 6.89. The van der Waals surface area contributed by atoms with Crippen molar-refractivity contribution in [2.24, 2.45) is 0 Å². The van der Waals surface area contributed by atoms with Gasteiger partial charge < -0.3 is 15.5 Å². The zero-order valence-corrected chi connectivity index (χ0v) is 12.3. The fraction of sp³-hybridized carbons (Fsp3) is 0.429. The lowest BCUT2D eigenvalue weighted by Crippen LogP contribution is -2.41. The van der Waals surface area contributed by atoms with Gasteiger partial charge in [-0.05, 0) is 24.1 Å². The number of carbonyl (C=O) groups is 2. The molecular formula is C14H16FN3O2S. The van der Waals surface area contributed by atoms with Crippen LogP contribution in [0.4, 0.5) is 20.6 Å². The highest BCUT2D eigenvalue weighted by Gasteiger charge is 2.22. The SMILES string of the molecule is O=C1CCc2cc(F)cc(NC(=O)N3CCSCC3)c2N1. The van der Waals surface area contributed by atoms with Crippen molar-refractivity contribution in [1.29, 1.82) is 0 Å². The maximum absolute atomic E-state index is 13.7. The lowest BCUT2D eigenvalue weighted by molar-refractivity contribution is -0.116. The summed E-state index contributed by atoms with van der Waals surface area (Å²) in [4.78, 5) is 25.4. The van der Waals surface area contributed by atoms with Crippen LogP contribution in [0.5, 0.6) is 0 Å². The molecule has 0 unspecified atom stereocenters. The summed E-state index contributed by atoms with van der Waals surface area (Å²) in [5.41, 5.74) is 1.58. The molecule has 0 saturated carbocycles. The van der Waals surface area contributed by atoms with Crippen molar-refractivity contribution in [1.82, 2.24) is 4.90 Å². The highest BCUT2D eigenvalue weighted by atomic mass is 32.2. The highest BCUT2D eigenvalue weighted by molar-refractivity contribution is 7.99. The van der Waals surface area contributed by atoms with Crippen molar-refractivity contribution in [2.45, 2.75) is 12.8 Å². The molecule has 2 N–H and O–H groups in total. The number of benzene rings is 1. The van der Waals surface area contributed by atoms with E-state index in [0.29, 0.717) is 37.3 Å². The monoisotopic (exact) mass is 309 g/mol. The van der Waals surface area contributed by atoms with Gasteiger partial charge in [0, 0.05) is 31.0 Å². The zero-order chi connectivity index (χ0) is 14.8. The second-order valence-corrected chi connectivity index (χ2v) is 6.29. The second-order valence-electron chi connectivity index (χ2n) is 5.07. The van der Waals surface area contributed by atoms with Crippen LogP contribution in [-0.4, -0.2) is 41.4 Å². The summed E-state index contributed by atoms with van der Waals surface area (Å²) in [5.74, 6) is 1.30. The molecule has 3 rings (SSSR count). The average molecular weight is 309 g/mol. The van der Waals surface area contributed by atoms with Gasteiger partial charge in [-0.15, -0.1) is 0 Å². The zero-order valence-electron chi connectivity index (χ0n) is 11.4. The third-order valence-corrected chi connectivity index (χ3v) is 4.55. The number of halogens is 1. The number of hydrogen-bond acceptors (Lipinski definition) is 3. The number of nitrogens with one attached hydrogen (secondary N) is 2. The van der Waals surface area contributed by atoms with Gasteiger partial charge in [0.2, 0.25) is 5.91 Å². The van der Waals surface area contributed by atoms with Crippen molar-refractivity contribution in [2.75, 3.05) is 35.2 Å². The Balaban J connectivity index is 1.82. The molecule has 1 aromatic carbocycles. The summed E-state index contributed by atoms with van der Waals surface area (Å²) in [6, 6.07) is 2.41. The molecule has 0 atom stereocenters. The molecule has 0 spiro atoms. The number of anilines is 2. The fourth-order valence-electron chi connectivity index (χ4n) is 2.52. The van der Waals surface area contributed by atoms with Crippen LogP contribution in [-0.2, 0) is 11.2 Å². The molecule has 3 amide bonds. The van der Waals surface area contributed by atoms with E-state index in [2.05, 4.69) is 10.6 Å². The molecule has 0 radical (unpaired) electrons. The molecule has 0 aromatic heterocycles. The number of carbonyl (C=O) groups excluding carboxylic acids is 2. The van der Waals surface area contributed by atoms with E-state index in [9.17, 15) is 14.0 Å². The first-order chi connectivity index (χ1) is 10.1. The molecule has 5 nitrogen and oxygen atoms in total. The predicted molar refractivity (Wildman–Crippen MR) is 81.3 cm³/mol. The van der Waals surface area contributed by atoms with Gasteiger partial charge >= 0.3 is 6.03 Å². The Bertz CT molecular complexity index is 588. The van der Waals surface area contributed by atoms with E-state index in [1.165, 1.54) is 12.1 Å². The van der Waals surface area contributed by atoms with Crippen LogP contribution in [0.15, 0.2) is 12.1 Å². The molecule has 7 heteroatoms. The molecule has 1 aromatic rings. The van der Waals surface area contributed by atoms with Crippen LogP contribution >= 0.6 is 11.8 Å². The molecule has 1 saturated heterocycles. The number of amides is 3. The third kappa shape index (κ3) is 3.12. The first-order valence-corrected chi connectivity index (χ1v) is 8.05. The number of fused-ring (bicyclic) bond motifs is 1. The summed E-state index contributed by atoms with van der Waals surface area (Å²) in [5, 5.41) is 5.45. The number of urea groups is 1. The van der Waals surface area contributed by atoms with Crippen molar-refractivity contribution in [3.63, 3.8) is 0 Å². The van der Waals surface area contributed by atoms with Gasteiger partial charge in [-0.1, -0.05) is 0 Å². The number of hydrogen-bond donors (Lipinski definition) is 2. The van der Waals surface area contributed by atoms with Gasteiger partial charge in [0.05, 0.1) is 11.4 Å². The average Bonchev–Trinajstić information content (AvgIpc) is 2.49. The van der Waals surface area contributed by atoms with E-state index in [-0.39, 0.29) is 11.9 Å². The van der Waals surface area contributed by atoms with Gasteiger partial charge in [-0.2, -0.15) is 11.8 Å². The number of rotatable bonds is 1. The Labute approximate surface area is 126 Å². The smallest absolute Gasteiger partial charge is 0.321 e. The third-order valence-electron chi connectivity index (χ3n) is 3.61. The van der Waals surface area contributed by atoms with Crippen molar-refractivity contribution in [3.05, 3.63) is 23.5 Å². The van der Waals surface area contributed by atoms with Crippen LogP contribution in [0.1, 0.15) is 12.0 Å². The van der Waals surface area contributed by atoms with Gasteiger partial charge in [0.25, 0.3) is 0 Å².